The van der Waals surface area contributed by atoms with Crippen LogP contribution in [0.2, 0.25) is 0 Å². The summed E-state index contributed by atoms with van der Waals surface area (Å²) >= 11 is 0. The number of hydrogen-bond donors (Lipinski definition) is 3. The summed E-state index contributed by atoms with van der Waals surface area (Å²) in [5.41, 5.74) is 0. The van der Waals surface area contributed by atoms with Crippen LogP contribution in [0.1, 0.15) is 44.9 Å². The molecule has 4 heteroatoms. The zero-order valence-electron chi connectivity index (χ0n) is 10.9. The van der Waals surface area contributed by atoms with E-state index < -0.39 is 0 Å². The van der Waals surface area contributed by atoms with Gasteiger partial charge < -0.3 is 15.7 Å². The predicted octanol–water partition coefficient (Wildman–Crippen LogP) is 1.95. The van der Waals surface area contributed by atoms with Crippen LogP contribution in [-0.2, 0) is 0 Å². The summed E-state index contributed by atoms with van der Waals surface area (Å²) in [5.74, 6) is 0.567. The molecule has 0 aromatic rings. The zero-order valence-corrected chi connectivity index (χ0v) is 10.9. The second-order valence-corrected chi connectivity index (χ2v) is 5.46. The van der Waals surface area contributed by atoms with Crippen LogP contribution >= 0.6 is 0 Å². The summed E-state index contributed by atoms with van der Waals surface area (Å²) in [4.78, 5) is 11.7. The average Bonchev–Trinajstić information content (AvgIpc) is 2.40. The molecule has 18 heavy (non-hydrogen) atoms. The van der Waals surface area contributed by atoms with Crippen molar-refractivity contribution in [1.82, 2.24) is 10.6 Å². The first-order valence-corrected chi connectivity index (χ1v) is 7.13. The fraction of sp³-hybridized carbons (Fsp3) is 0.786. The van der Waals surface area contributed by atoms with Crippen LogP contribution in [0.3, 0.4) is 0 Å². The summed E-state index contributed by atoms with van der Waals surface area (Å²) in [7, 11) is 0. The third-order valence-electron chi connectivity index (χ3n) is 3.97. The molecule has 2 aliphatic carbocycles. The number of aliphatic hydroxyl groups is 1. The van der Waals surface area contributed by atoms with Gasteiger partial charge in [0.2, 0.25) is 0 Å². The maximum atomic E-state index is 11.7. The van der Waals surface area contributed by atoms with Gasteiger partial charge in [-0.15, -0.1) is 0 Å². The van der Waals surface area contributed by atoms with E-state index in [2.05, 4.69) is 22.8 Å². The van der Waals surface area contributed by atoms with Crippen LogP contribution in [0.5, 0.6) is 0 Å². The minimum Gasteiger partial charge on any atom is -0.391 e. The molecule has 2 rings (SSSR count). The normalized spacial score (nSPS) is 31.9. The van der Waals surface area contributed by atoms with Crippen LogP contribution in [-0.4, -0.2) is 29.8 Å². The molecule has 0 bridgehead atoms. The van der Waals surface area contributed by atoms with Crippen molar-refractivity contribution in [3.8, 4) is 0 Å². The maximum Gasteiger partial charge on any atom is 0.315 e. The molecule has 4 nitrogen and oxygen atoms in total. The second-order valence-electron chi connectivity index (χ2n) is 5.46. The number of urea groups is 1. The van der Waals surface area contributed by atoms with Crippen molar-refractivity contribution < 1.29 is 9.90 Å². The largest absolute Gasteiger partial charge is 0.391 e. The first kappa shape index (κ1) is 13.4. The van der Waals surface area contributed by atoms with E-state index in [-0.39, 0.29) is 18.2 Å². The van der Waals surface area contributed by atoms with Crippen molar-refractivity contribution in [3.05, 3.63) is 12.2 Å². The van der Waals surface area contributed by atoms with Crippen molar-refractivity contribution in [2.75, 3.05) is 6.54 Å². The fourth-order valence-electron chi connectivity index (χ4n) is 2.78. The molecule has 0 aliphatic heterocycles. The highest BCUT2D eigenvalue weighted by atomic mass is 16.3. The van der Waals surface area contributed by atoms with E-state index >= 15 is 0 Å². The van der Waals surface area contributed by atoms with Gasteiger partial charge >= 0.3 is 6.03 Å². The molecule has 0 saturated heterocycles. The molecule has 0 spiro atoms. The van der Waals surface area contributed by atoms with E-state index in [1.807, 2.05) is 0 Å². The summed E-state index contributed by atoms with van der Waals surface area (Å²) in [6.45, 7) is 0.735. The number of nitrogens with one attached hydrogen (secondary N) is 2. The highest BCUT2D eigenvalue weighted by molar-refractivity contribution is 5.74. The third-order valence-corrected chi connectivity index (χ3v) is 3.97. The Bertz CT molecular complexity index is 304. The Morgan fingerprint density at radius 2 is 2.06 bits per heavy atom. The Kier molecular flexibility index (Phi) is 5.05. The van der Waals surface area contributed by atoms with E-state index in [9.17, 15) is 9.90 Å². The molecule has 2 aliphatic rings. The maximum absolute atomic E-state index is 11.7. The SMILES string of the molecule is O=C(NC[C@@H]1CC=CCC1)N[C@H]1CCCC[C@@H]1O. The first-order valence-electron chi connectivity index (χ1n) is 7.13. The number of amides is 2. The molecular weight excluding hydrogens is 228 g/mol. The van der Waals surface area contributed by atoms with Crippen molar-refractivity contribution in [1.29, 1.82) is 0 Å². The second kappa shape index (κ2) is 6.78. The molecule has 0 heterocycles. The van der Waals surface area contributed by atoms with Gasteiger partial charge in [-0.05, 0) is 38.0 Å². The summed E-state index contributed by atoms with van der Waals surface area (Å²) in [5, 5.41) is 15.6. The fourth-order valence-corrected chi connectivity index (χ4v) is 2.78. The number of aliphatic hydroxyl groups excluding tert-OH is 1. The van der Waals surface area contributed by atoms with Gasteiger partial charge in [0.1, 0.15) is 0 Å². The van der Waals surface area contributed by atoms with Crippen molar-refractivity contribution in [2.24, 2.45) is 5.92 Å². The molecule has 1 saturated carbocycles. The van der Waals surface area contributed by atoms with Crippen molar-refractivity contribution in [3.63, 3.8) is 0 Å². The quantitative estimate of drug-likeness (QED) is 0.672. The highest BCUT2D eigenvalue weighted by Gasteiger charge is 2.24. The van der Waals surface area contributed by atoms with Crippen molar-refractivity contribution in [2.45, 2.75) is 57.1 Å². The van der Waals surface area contributed by atoms with Crippen LogP contribution in [0.25, 0.3) is 0 Å². The van der Waals surface area contributed by atoms with Gasteiger partial charge in [0.25, 0.3) is 0 Å². The van der Waals surface area contributed by atoms with Gasteiger partial charge in [0.05, 0.1) is 12.1 Å². The van der Waals surface area contributed by atoms with Gasteiger partial charge in [0.15, 0.2) is 0 Å². The summed E-state index contributed by atoms with van der Waals surface area (Å²) in [6.07, 6.45) is 11.2. The summed E-state index contributed by atoms with van der Waals surface area (Å²) < 4.78 is 0. The lowest BCUT2D eigenvalue weighted by Gasteiger charge is -2.28. The topological polar surface area (TPSA) is 61.4 Å². The van der Waals surface area contributed by atoms with E-state index in [1.165, 1.54) is 0 Å². The molecule has 0 unspecified atom stereocenters. The average molecular weight is 252 g/mol. The molecule has 3 N–H and O–H groups in total. The Morgan fingerprint density at radius 1 is 1.22 bits per heavy atom. The molecule has 102 valence electrons. The van der Waals surface area contributed by atoms with Gasteiger partial charge in [-0.25, -0.2) is 4.79 Å². The van der Waals surface area contributed by atoms with Crippen LogP contribution in [0.15, 0.2) is 12.2 Å². The number of allylic oxidation sites excluding steroid dienone is 2. The van der Waals surface area contributed by atoms with E-state index in [1.54, 1.807) is 0 Å². The predicted molar refractivity (Wildman–Crippen MR) is 71.3 cm³/mol. The Hall–Kier alpha value is -1.03. The number of hydrogen-bond acceptors (Lipinski definition) is 2. The molecule has 0 aromatic heterocycles. The van der Waals surface area contributed by atoms with Gasteiger partial charge in [0, 0.05) is 6.54 Å². The summed E-state index contributed by atoms with van der Waals surface area (Å²) in [6, 6.07) is -0.194. The lowest BCUT2D eigenvalue weighted by molar-refractivity contribution is 0.0942. The smallest absolute Gasteiger partial charge is 0.315 e. The zero-order chi connectivity index (χ0) is 12.8. The number of rotatable bonds is 3. The number of carbonyl (C=O) groups excluding carboxylic acids is 1. The van der Waals surface area contributed by atoms with E-state index in [0.717, 1.165) is 51.5 Å². The standard InChI is InChI=1S/C14H24N2O2/c17-13-9-5-4-8-12(13)16-14(18)15-10-11-6-2-1-3-7-11/h1-2,11-13,17H,3-10H2,(H2,15,16,18)/t11-,12+,13+/m1/s1. The minimum atomic E-state index is -0.373. The Balaban J connectivity index is 1.66. The van der Waals surface area contributed by atoms with Crippen LogP contribution < -0.4 is 10.6 Å². The lowest BCUT2D eigenvalue weighted by atomic mass is 9.92. The third kappa shape index (κ3) is 4.02. The molecule has 0 aromatic carbocycles. The Labute approximate surface area is 109 Å². The van der Waals surface area contributed by atoms with Crippen molar-refractivity contribution >= 4 is 6.03 Å². The lowest BCUT2D eigenvalue weighted by Crippen LogP contribution is -2.49. The van der Waals surface area contributed by atoms with E-state index in [0.29, 0.717) is 5.92 Å². The molecule has 3 atom stereocenters. The molecular formula is C14H24N2O2. The van der Waals surface area contributed by atoms with Gasteiger partial charge in [-0.3, -0.25) is 0 Å². The molecule has 2 amide bonds. The van der Waals surface area contributed by atoms with Gasteiger partial charge in [-0.1, -0.05) is 25.0 Å². The van der Waals surface area contributed by atoms with Gasteiger partial charge in [-0.2, -0.15) is 0 Å². The van der Waals surface area contributed by atoms with E-state index in [4.69, 9.17) is 0 Å². The van der Waals surface area contributed by atoms with Crippen LogP contribution in [0, 0.1) is 5.92 Å². The molecule has 1 fully saturated rings. The monoisotopic (exact) mass is 252 g/mol. The highest BCUT2D eigenvalue weighted by Crippen LogP contribution is 2.19. The first-order chi connectivity index (χ1) is 8.75. The van der Waals surface area contributed by atoms with Crippen LogP contribution in [0.4, 0.5) is 4.79 Å². The Morgan fingerprint density at radius 3 is 2.78 bits per heavy atom. The minimum absolute atomic E-state index is 0.0648. The molecule has 0 radical (unpaired) electrons. The number of carbonyl (C=O) groups is 1.